The molecule has 4 aromatic rings. The van der Waals surface area contributed by atoms with Gasteiger partial charge in [-0.15, -0.1) is 0 Å². The van der Waals surface area contributed by atoms with Crippen molar-refractivity contribution in [2.45, 2.75) is 0 Å². The highest BCUT2D eigenvalue weighted by Crippen LogP contribution is 2.22. The molecule has 0 saturated carbocycles. The van der Waals surface area contributed by atoms with E-state index in [2.05, 4.69) is 0 Å². The van der Waals surface area contributed by atoms with Crippen molar-refractivity contribution in [2.75, 3.05) is 0 Å². The number of aromatic nitrogens is 6. The minimum absolute atomic E-state index is 0.0228. The van der Waals surface area contributed by atoms with Gasteiger partial charge < -0.3 is 4.74 Å². The van der Waals surface area contributed by atoms with E-state index in [4.69, 9.17) is 4.74 Å². The maximum atomic E-state index is 12.8. The molecule has 2 aromatic heterocycles. The average Bonchev–Trinajstić information content (AvgIpc) is 2.93. The molecule has 0 amide bonds. The third kappa shape index (κ3) is 4.41. The first-order chi connectivity index (χ1) is 18.3. The van der Waals surface area contributed by atoms with Gasteiger partial charge in [0.1, 0.15) is 11.5 Å². The Morgan fingerprint density at radius 3 is 0.974 bits per heavy atom. The van der Waals surface area contributed by atoms with Crippen LogP contribution in [0, 0.1) is 0 Å². The molecule has 200 valence electrons. The van der Waals surface area contributed by atoms with E-state index in [1.165, 1.54) is 48.5 Å². The molecule has 0 fully saturated rings. The lowest BCUT2D eigenvalue weighted by molar-refractivity contribution is 0.0935. The van der Waals surface area contributed by atoms with Crippen LogP contribution >= 0.6 is 0 Å². The first-order valence-corrected chi connectivity index (χ1v) is 11.1. The Balaban J connectivity index is 1.57. The van der Waals surface area contributed by atoms with E-state index in [1.54, 1.807) is 0 Å². The minimum Gasteiger partial charge on any atom is -0.457 e. The topological polar surface area (TPSA) is 175 Å². The van der Waals surface area contributed by atoms with Gasteiger partial charge in [-0.3, -0.25) is 9.59 Å². The van der Waals surface area contributed by atoms with Gasteiger partial charge in [0, 0.05) is 39.3 Å². The molecule has 0 atom stereocenters. The monoisotopic (exact) mass is 536 g/mol. The lowest BCUT2D eigenvalue weighted by atomic mass is 10.2. The Bertz CT molecular complexity index is 1790. The molecule has 2 aromatic carbocycles. The quantitative estimate of drug-likeness (QED) is 0.285. The lowest BCUT2D eigenvalue weighted by Crippen LogP contribution is -2.54. The van der Waals surface area contributed by atoms with Crippen LogP contribution in [0.25, 0.3) is 0 Å². The van der Waals surface area contributed by atoms with Crippen molar-refractivity contribution < 1.29 is 14.3 Å². The van der Waals surface area contributed by atoms with E-state index >= 15 is 0 Å². The number of carbonyl (C=O) groups excluding carboxylic acids is 2. The molecule has 0 aliphatic rings. The summed E-state index contributed by atoms with van der Waals surface area (Å²) in [4.78, 5) is 98.6. The normalized spacial score (nSPS) is 10.9. The van der Waals surface area contributed by atoms with Gasteiger partial charge >= 0.3 is 34.1 Å². The van der Waals surface area contributed by atoms with Crippen molar-refractivity contribution in [3.8, 4) is 11.5 Å². The number of nitrogens with zero attached hydrogens (tertiary/aromatic N) is 6. The Morgan fingerprint density at radius 1 is 0.462 bits per heavy atom. The molecule has 15 nitrogen and oxygen atoms in total. The predicted octanol–water partition coefficient (Wildman–Crippen LogP) is -2.03. The first-order valence-electron chi connectivity index (χ1n) is 11.1. The fourth-order valence-electron chi connectivity index (χ4n) is 3.61. The molecule has 0 spiro atoms. The number of hydrogen-bond donors (Lipinski definition) is 0. The van der Waals surface area contributed by atoms with Crippen LogP contribution in [0.5, 0.6) is 11.5 Å². The zero-order valence-electron chi connectivity index (χ0n) is 21.0. The van der Waals surface area contributed by atoms with Crippen LogP contribution in [0.3, 0.4) is 0 Å². The molecule has 15 heteroatoms. The standard InChI is InChI=1S/C24H20N6O9/c1-25-19(33)26(2)22(36)29(21(25)35)17(31)13-5-9-15(10-6-13)39-16-11-7-14(8-12-16)18(32)30-23(37)27(3)20(34)28(4)24(30)38/h5-12H,1-4H3. The molecule has 39 heavy (non-hydrogen) atoms. The lowest BCUT2D eigenvalue weighted by Gasteiger charge is -2.10. The first kappa shape index (κ1) is 26.5. The molecule has 0 radical (unpaired) electrons. The average molecular weight is 536 g/mol. The van der Waals surface area contributed by atoms with Crippen LogP contribution < -0.4 is 38.9 Å². The largest absolute Gasteiger partial charge is 0.457 e. The van der Waals surface area contributed by atoms with E-state index in [-0.39, 0.29) is 22.6 Å². The Morgan fingerprint density at radius 2 is 0.718 bits per heavy atom. The van der Waals surface area contributed by atoms with Gasteiger partial charge in [0.15, 0.2) is 0 Å². The molecule has 4 rings (SSSR count). The fraction of sp³-hybridized carbons (Fsp3) is 0.167. The Labute approximate surface area is 216 Å². The second-order valence-corrected chi connectivity index (χ2v) is 8.36. The van der Waals surface area contributed by atoms with Crippen LogP contribution in [0.2, 0.25) is 0 Å². The number of hydrogen-bond acceptors (Lipinski definition) is 9. The summed E-state index contributed by atoms with van der Waals surface area (Å²) in [7, 11) is 4.57. The third-order valence-electron chi connectivity index (χ3n) is 5.91. The molecule has 0 bridgehead atoms. The Kier molecular flexibility index (Phi) is 6.58. The molecule has 0 unspecified atom stereocenters. The minimum atomic E-state index is -1.08. The molecule has 0 N–H and O–H groups in total. The number of carbonyl (C=O) groups is 2. The summed E-state index contributed by atoms with van der Waals surface area (Å²) in [6, 6.07) is 10.9. The highest BCUT2D eigenvalue weighted by molar-refractivity contribution is 5.96. The molecule has 0 aliphatic carbocycles. The van der Waals surface area contributed by atoms with E-state index in [0.717, 1.165) is 28.2 Å². The molecule has 0 aliphatic heterocycles. The number of benzene rings is 2. The van der Waals surface area contributed by atoms with Gasteiger partial charge in [0.25, 0.3) is 11.8 Å². The van der Waals surface area contributed by atoms with E-state index in [9.17, 15) is 38.4 Å². The highest BCUT2D eigenvalue weighted by atomic mass is 16.5. The second-order valence-electron chi connectivity index (χ2n) is 8.36. The fourth-order valence-corrected chi connectivity index (χ4v) is 3.61. The van der Waals surface area contributed by atoms with Gasteiger partial charge in [0.2, 0.25) is 0 Å². The summed E-state index contributed by atoms with van der Waals surface area (Å²) in [5.74, 6) is -1.36. The summed E-state index contributed by atoms with van der Waals surface area (Å²) >= 11 is 0. The Hall–Kier alpha value is -5.60. The highest BCUT2D eigenvalue weighted by Gasteiger charge is 2.20. The van der Waals surface area contributed by atoms with Gasteiger partial charge in [-0.2, -0.15) is 9.13 Å². The van der Waals surface area contributed by atoms with Crippen LogP contribution in [-0.4, -0.2) is 39.2 Å². The molecule has 2 heterocycles. The van der Waals surface area contributed by atoms with Crippen molar-refractivity contribution in [3.05, 3.63) is 123 Å². The number of rotatable bonds is 4. The maximum absolute atomic E-state index is 12.8. The SMILES string of the molecule is Cn1c(=O)n(C)c(=O)n(C(=O)c2ccc(Oc3ccc(C(=O)n4c(=O)n(C)c(=O)n(C)c4=O)cc3)cc2)c1=O. The maximum Gasteiger partial charge on any atom is 0.343 e. The van der Waals surface area contributed by atoms with Crippen LogP contribution in [-0.2, 0) is 28.2 Å². The van der Waals surface area contributed by atoms with Gasteiger partial charge in [-0.05, 0) is 48.5 Å². The van der Waals surface area contributed by atoms with Crippen LogP contribution in [0.15, 0.2) is 77.3 Å². The third-order valence-corrected chi connectivity index (χ3v) is 5.91. The predicted molar refractivity (Wildman–Crippen MR) is 135 cm³/mol. The van der Waals surface area contributed by atoms with Crippen molar-refractivity contribution in [1.82, 2.24) is 27.4 Å². The van der Waals surface area contributed by atoms with E-state index in [0.29, 0.717) is 27.4 Å². The van der Waals surface area contributed by atoms with Gasteiger partial charge in [0.05, 0.1) is 0 Å². The molecule has 0 saturated heterocycles. The summed E-state index contributed by atoms with van der Waals surface area (Å²) in [5, 5.41) is 0. The van der Waals surface area contributed by atoms with Crippen molar-refractivity contribution in [3.63, 3.8) is 0 Å². The number of ether oxygens (including phenoxy) is 1. The summed E-state index contributed by atoms with van der Waals surface area (Å²) in [6.45, 7) is 0. The van der Waals surface area contributed by atoms with Gasteiger partial charge in [-0.25, -0.2) is 47.0 Å². The zero-order chi connectivity index (χ0) is 28.8. The van der Waals surface area contributed by atoms with Crippen molar-refractivity contribution in [1.29, 1.82) is 0 Å². The smallest absolute Gasteiger partial charge is 0.343 e. The van der Waals surface area contributed by atoms with E-state index in [1.807, 2.05) is 0 Å². The summed E-state index contributed by atoms with van der Waals surface area (Å²) in [5.41, 5.74) is -6.11. The summed E-state index contributed by atoms with van der Waals surface area (Å²) in [6.07, 6.45) is 0. The van der Waals surface area contributed by atoms with Crippen LogP contribution in [0.4, 0.5) is 0 Å². The van der Waals surface area contributed by atoms with Crippen molar-refractivity contribution in [2.24, 2.45) is 28.2 Å². The van der Waals surface area contributed by atoms with E-state index < -0.39 is 46.0 Å². The molecular formula is C24H20N6O9. The van der Waals surface area contributed by atoms with Crippen LogP contribution in [0.1, 0.15) is 20.7 Å². The van der Waals surface area contributed by atoms with Gasteiger partial charge in [-0.1, -0.05) is 0 Å². The summed E-state index contributed by atoms with van der Waals surface area (Å²) < 4.78 is 8.92. The zero-order valence-corrected chi connectivity index (χ0v) is 21.0. The second kappa shape index (κ2) is 9.70. The molecular weight excluding hydrogens is 516 g/mol. The van der Waals surface area contributed by atoms with Crippen molar-refractivity contribution >= 4 is 11.8 Å².